The predicted molar refractivity (Wildman–Crippen MR) is 74.3 cm³/mol. The zero-order valence-electron chi connectivity index (χ0n) is 11.6. The molecule has 7 heteroatoms. The third-order valence-corrected chi connectivity index (χ3v) is 2.76. The Kier molecular flexibility index (Phi) is 6.61. The molecule has 0 aliphatic rings. The number of non-ortho nitro benzene ring substituents is 1. The van der Waals surface area contributed by atoms with Gasteiger partial charge in [0.15, 0.2) is 0 Å². The van der Waals surface area contributed by atoms with E-state index in [-0.39, 0.29) is 17.6 Å². The monoisotopic (exact) mass is 281 g/mol. The Morgan fingerprint density at radius 1 is 1.40 bits per heavy atom. The van der Waals surface area contributed by atoms with Gasteiger partial charge in [-0.3, -0.25) is 14.9 Å². The van der Waals surface area contributed by atoms with E-state index in [4.69, 9.17) is 4.74 Å². The summed E-state index contributed by atoms with van der Waals surface area (Å²) >= 11 is 0. The maximum absolute atomic E-state index is 11.7. The highest BCUT2D eigenvalue weighted by Crippen LogP contribution is 2.11. The summed E-state index contributed by atoms with van der Waals surface area (Å²) in [4.78, 5) is 21.7. The standard InChI is InChI=1S/C13H19N3O4/c1-10(13(17)14-7-8-20-2)15-9-11-3-5-12(6-4-11)16(18)19/h3-6,10,15H,7-9H2,1-2H3,(H,14,17). The first-order valence-electron chi connectivity index (χ1n) is 6.28. The molecule has 0 aliphatic carbocycles. The minimum Gasteiger partial charge on any atom is -0.383 e. The zero-order chi connectivity index (χ0) is 15.0. The van der Waals surface area contributed by atoms with Gasteiger partial charge in [-0.15, -0.1) is 0 Å². The van der Waals surface area contributed by atoms with Gasteiger partial charge < -0.3 is 15.4 Å². The van der Waals surface area contributed by atoms with Crippen LogP contribution in [-0.2, 0) is 16.1 Å². The maximum atomic E-state index is 11.7. The Hall–Kier alpha value is -1.99. The molecule has 0 heterocycles. The van der Waals surface area contributed by atoms with Gasteiger partial charge in [0.2, 0.25) is 5.91 Å². The lowest BCUT2D eigenvalue weighted by atomic mass is 10.2. The van der Waals surface area contributed by atoms with Crippen LogP contribution in [-0.4, -0.2) is 37.1 Å². The molecule has 0 fully saturated rings. The van der Waals surface area contributed by atoms with Crippen molar-refractivity contribution in [2.45, 2.75) is 19.5 Å². The van der Waals surface area contributed by atoms with Crippen molar-refractivity contribution in [3.63, 3.8) is 0 Å². The topological polar surface area (TPSA) is 93.5 Å². The molecule has 110 valence electrons. The maximum Gasteiger partial charge on any atom is 0.269 e. The van der Waals surface area contributed by atoms with Gasteiger partial charge in [0, 0.05) is 32.3 Å². The van der Waals surface area contributed by atoms with Crippen LogP contribution in [0.1, 0.15) is 12.5 Å². The van der Waals surface area contributed by atoms with E-state index >= 15 is 0 Å². The van der Waals surface area contributed by atoms with E-state index in [1.54, 1.807) is 26.2 Å². The summed E-state index contributed by atoms with van der Waals surface area (Å²) in [6, 6.07) is 5.88. The van der Waals surface area contributed by atoms with Crippen LogP contribution in [0, 0.1) is 10.1 Å². The molecule has 0 radical (unpaired) electrons. The Morgan fingerprint density at radius 3 is 2.60 bits per heavy atom. The summed E-state index contributed by atoms with van der Waals surface area (Å²) in [5, 5.41) is 16.3. The molecule has 20 heavy (non-hydrogen) atoms. The van der Waals surface area contributed by atoms with Crippen molar-refractivity contribution in [3.05, 3.63) is 39.9 Å². The Labute approximate surface area is 117 Å². The first-order chi connectivity index (χ1) is 9.54. The van der Waals surface area contributed by atoms with E-state index in [0.29, 0.717) is 19.7 Å². The fourth-order valence-electron chi connectivity index (χ4n) is 1.53. The summed E-state index contributed by atoms with van der Waals surface area (Å²) in [5.41, 5.74) is 0.936. The largest absolute Gasteiger partial charge is 0.383 e. The van der Waals surface area contributed by atoms with Crippen molar-refractivity contribution in [3.8, 4) is 0 Å². The first kappa shape index (κ1) is 16.1. The van der Waals surface area contributed by atoms with Crippen LogP contribution in [0.2, 0.25) is 0 Å². The highest BCUT2D eigenvalue weighted by atomic mass is 16.6. The molecule has 1 amide bonds. The lowest BCUT2D eigenvalue weighted by Gasteiger charge is -2.13. The third kappa shape index (κ3) is 5.33. The molecule has 1 unspecified atom stereocenters. The minimum absolute atomic E-state index is 0.0547. The number of rotatable bonds is 8. The molecule has 0 aliphatic heterocycles. The van der Waals surface area contributed by atoms with Crippen LogP contribution in [0.3, 0.4) is 0 Å². The number of benzene rings is 1. The average molecular weight is 281 g/mol. The second-order valence-electron chi connectivity index (χ2n) is 4.31. The van der Waals surface area contributed by atoms with Gasteiger partial charge in [0.25, 0.3) is 5.69 Å². The van der Waals surface area contributed by atoms with Gasteiger partial charge in [-0.2, -0.15) is 0 Å². The fraction of sp³-hybridized carbons (Fsp3) is 0.462. The number of nitrogens with one attached hydrogen (secondary N) is 2. The summed E-state index contributed by atoms with van der Waals surface area (Å²) in [6.45, 7) is 3.17. The van der Waals surface area contributed by atoms with E-state index in [2.05, 4.69) is 10.6 Å². The van der Waals surface area contributed by atoms with Crippen molar-refractivity contribution in [1.82, 2.24) is 10.6 Å². The third-order valence-electron chi connectivity index (χ3n) is 2.76. The van der Waals surface area contributed by atoms with Crippen molar-refractivity contribution in [1.29, 1.82) is 0 Å². The van der Waals surface area contributed by atoms with Crippen LogP contribution in [0.15, 0.2) is 24.3 Å². The molecule has 0 spiro atoms. The van der Waals surface area contributed by atoms with Gasteiger partial charge >= 0.3 is 0 Å². The Morgan fingerprint density at radius 2 is 2.05 bits per heavy atom. The van der Waals surface area contributed by atoms with Gasteiger partial charge in [-0.05, 0) is 12.5 Å². The Balaban J connectivity index is 2.38. The van der Waals surface area contributed by atoms with Crippen LogP contribution < -0.4 is 10.6 Å². The Bertz CT molecular complexity index is 447. The lowest BCUT2D eigenvalue weighted by molar-refractivity contribution is -0.384. The molecule has 7 nitrogen and oxygen atoms in total. The number of nitro groups is 1. The smallest absolute Gasteiger partial charge is 0.269 e. The van der Waals surface area contributed by atoms with E-state index in [9.17, 15) is 14.9 Å². The normalized spacial score (nSPS) is 11.9. The zero-order valence-corrected chi connectivity index (χ0v) is 11.6. The summed E-state index contributed by atoms with van der Waals surface area (Å²) in [7, 11) is 1.57. The fourth-order valence-corrected chi connectivity index (χ4v) is 1.53. The number of nitro benzene ring substituents is 1. The predicted octanol–water partition coefficient (Wildman–Crippen LogP) is 0.835. The second kappa shape index (κ2) is 8.23. The van der Waals surface area contributed by atoms with Crippen molar-refractivity contribution >= 4 is 11.6 Å². The molecule has 2 N–H and O–H groups in total. The molecular weight excluding hydrogens is 262 g/mol. The minimum atomic E-state index is -0.441. The van der Waals surface area contributed by atoms with Crippen molar-refractivity contribution in [2.24, 2.45) is 0 Å². The number of ether oxygens (including phenoxy) is 1. The molecule has 1 atom stereocenters. The SMILES string of the molecule is COCCNC(=O)C(C)NCc1ccc([N+](=O)[O-])cc1. The number of amides is 1. The number of methoxy groups -OCH3 is 1. The number of carbonyl (C=O) groups excluding carboxylic acids is 1. The number of hydrogen-bond acceptors (Lipinski definition) is 5. The summed E-state index contributed by atoms with van der Waals surface area (Å²) in [6.07, 6.45) is 0. The van der Waals surface area contributed by atoms with Crippen molar-refractivity contribution in [2.75, 3.05) is 20.3 Å². The number of nitrogens with zero attached hydrogens (tertiary/aromatic N) is 1. The second-order valence-corrected chi connectivity index (χ2v) is 4.31. The molecule has 1 aromatic rings. The average Bonchev–Trinajstić information content (AvgIpc) is 2.45. The van der Waals surface area contributed by atoms with E-state index in [1.165, 1.54) is 12.1 Å². The molecule has 1 rings (SSSR count). The van der Waals surface area contributed by atoms with E-state index in [0.717, 1.165) is 5.56 Å². The van der Waals surface area contributed by atoms with Gasteiger partial charge in [-0.1, -0.05) is 12.1 Å². The molecule has 1 aromatic carbocycles. The van der Waals surface area contributed by atoms with Crippen LogP contribution in [0.4, 0.5) is 5.69 Å². The van der Waals surface area contributed by atoms with E-state index < -0.39 is 4.92 Å². The van der Waals surface area contributed by atoms with Gasteiger partial charge in [0.05, 0.1) is 17.6 Å². The molecular formula is C13H19N3O4. The van der Waals surface area contributed by atoms with Gasteiger partial charge in [0.1, 0.15) is 0 Å². The van der Waals surface area contributed by atoms with Crippen LogP contribution in [0.25, 0.3) is 0 Å². The molecule has 0 saturated carbocycles. The summed E-state index contributed by atoms with van der Waals surface area (Å²) in [5.74, 6) is -0.107. The van der Waals surface area contributed by atoms with Crippen molar-refractivity contribution < 1.29 is 14.5 Å². The highest BCUT2D eigenvalue weighted by Gasteiger charge is 2.11. The van der Waals surface area contributed by atoms with E-state index in [1.807, 2.05) is 0 Å². The number of carbonyl (C=O) groups is 1. The highest BCUT2D eigenvalue weighted by molar-refractivity contribution is 5.81. The molecule has 0 bridgehead atoms. The lowest BCUT2D eigenvalue weighted by Crippen LogP contribution is -2.42. The van der Waals surface area contributed by atoms with Crippen LogP contribution >= 0.6 is 0 Å². The number of hydrogen-bond donors (Lipinski definition) is 2. The molecule has 0 aromatic heterocycles. The first-order valence-corrected chi connectivity index (χ1v) is 6.28. The quantitative estimate of drug-likeness (QED) is 0.418. The molecule has 0 saturated heterocycles. The summed E-state index contributed by atoms with van der Waals surface area (Å²) < 4.78 is 4.84. The van der Waals surface area contributed by atoms with Crippen LogP contribution in [0.5, 0.6) is 0 Å². The van der Waals surface area contributed by atoms with Gasteiger partial charge in [-0.25, -0.2) is 0 Å².